The molecular formula is C31H25BrF2N2O6S. The molecule has 0 spiro atoms. The Hall–Kier alpha value is -4.29. The quantitative estimate of drug-likeness (QED) is 0.224. The average molecular weight is 672 g/mol. The molecule has 1 aliphatic rings. The van der Waals surface area contributed by atoms with Crippen molar-refractivity contribution in [3.05, 3.63) is 113 Å². The van der Waals surface area contributed by atoms with E-state index in [0.29, 0.717) is 41.9 Å². The fourth-order valence-corrected chi connectivity index (χ4v) is 6.15. The molecule has 3 aromatic carbocycles. The summed E-state index contributed by atoms with van der Waals surface area (Å²) < 4.78 is 49.0. The predicted molar refractivity (Wildman–Crippen MR) is 161 cm³/mol. The van der Waals surface area contributed by atoms with Gasteiger partial charge in [-0.1, -0.05) is 63.7 Å². The van der Waals surface area contributed by atoms with E-state index in [1.165, 1.54) is 37.0 Å². The van der Waals surface area contributed by atoms with Crippen molar-refractivity contribution in [2.45, 2.75) is 19.6 Å². The molecule has 0 radical (unpaired) electrons. The van der Waals surface area contributed by atoms with Crippen LogP contribution in [0.4, 0.5) is 8.78 Å². The number of ether oxygens (including phenoxy) is 4. The van der Waals surface area contributed by atoms with Crippen LogP contribution in [-0.4, -0.2) is 38.0 Å². The Morgan fingerprint density at radius 2 is 1.77 bits per heavy atom. The van der Waals surface area contributed by atoms with E-state index in [1.807, 2.05) is 30.3 Å². The van der Waals surface area contributed by atoms with E-state index >= 15 is 0 Å². The van der Waals surface area contributed by atoms with Gasteiger partial charge in [-0.25, -0.2) is 9.79 Å². The molecule has 0 N–H and O–H groups in total. The Bertz CT molecular complexity index is 1890. The highest BCUT2D eigenvalue weighted by Gasteiger charge is 2.36. The monoisotopic (exact) mass is 670 g/mol. The summed E-state index contributed by atoms with van der Waals surface area (Å²) in [6, 6.07) is 17.9. The summed E-state index contributed by atoms with van der Waals surface area (Å²) in [5.41, 5.74) is 1.85. The molecule has 0 fully saturated rings. The second-order valence-corrected chi connectivity index (χ2v) is 11.0. The van der Waals surface area contributed by atoms with Gasteiger partial charge in [0.25, 0.3) is 5.56 Å². The first-order valence-electron chi connectivity index (χ1n) is 13.0. The minimum atomic E-state index is -3.02. The van der Waals surface area contributed by atoms with Gasteiger partial charge in [0.05, 0.1) is 36.6 Å². The van der Waals surface area contributed by atoms with Crippen LogP contribution >= 0.6 is 27.3 Å². The van der Waals surface area contributed by atoms with Crippen LogP contribution in [0.1, 0.15) is 29.7 Å². The zero-order chi connectivity index (χ0) is 30.7. The molecule has 2 heterocycles. The number of fused-ring (bicyclic) bond motifs is 1. The lowest BCUT2D eigenvalue weighted by Gasteiger charge is -2.27. The molecule has 8 nitrogen and oxygen atoms in total. The summed E-state index contributed by atoms with van der Waals surface area (Å²) in [5.74, 6) is -0.219. The number of methoxy groups -OCH3 is 2. The normalized spacial score (nSPS) is 14.8. The van der Waals surface area contributed by atoms with Crippen molar-refractivity contribution >= 4 is 45.0 Å². The number of rotatable bonds is 9. The lowest BCUT2D eigenvalue weighted by atomic mass is 9.92. The van der Waals surface area contributed by atoms with Crippen molar-refractivity contribution in [1.82, 2.24) is 4.57 Å². The van der Waals surface area contributed by atoms with Crippen LogP contribution in [0.2, 0.25) is 0 Å². The molecule has 5 rings (SSSR count). The number of carbonyl (C=O) groups excluding carboxylic acids is 1. The van der Waals surface area contributed by atoms with Crippen LogP contribution in [0.15, 0.2) is 86.6 Å². The molecule has 222 valence electrons. The van der Waals surface area contributed by atoms with Crippen molar-refractivity contribution in [1.29, 1.82) is 0 Å². The summed E-state index contributed by atoms with van der Waals surface area (Å²) >= 11 is 4.63. The van der Waals surface area contributed by atoms with E-state index in [2.05, 4.69) is 20.7 Å². The lowest BCUT2D eigenvalue weighted by molar-refractivity contribution is -0.138. The smallest absolute Gasteiger partial charge is 0.387 e. The molecule has 4 aromatic rings. The van der Waals surface area contributed by atoms with Crippen molar-refractivity contribution in [2.24, 2.45) is 4.99 Å². The molecule has 1 aromatic heterocycles. The number of esters is 1. The summed E-state index contributed by atoms with van der Waals surface area (Å²) in [4.78, 5) is 32.9. The van der Waals surface area contributed by atoms with Gasteiger partial charge in [-0.3, -0.25) is 9.36 Å². The zero-order valence-electron chi connectivity index (χ0n) is 23.2. The fraction of sp³-hybridized carbons (Fsp3) is 0.194. The van der Waals surface area contributed by atoms with E-state index in [9.17, 15) is 18.4 Å². The highest BCUT2D eigenvalue weighted by atomic mass is 79.9. The number of hydrogen-bond acceptors (Lipinski definition) is 8. The van der Waals surface area contributed by atoms with Gasteiger partial charge in [0.15, 0.2) is 16.3 Å². The van der Waals surface area contributed by atoms with E-state index in [0.717, 1.165) is 11.3 Å². The standard InChI is InChI=1S/C31H25BrF2N2O6S/c1-4-41-29(38)25-26(18-8-6-5-7-9-18)35-31-36(27(25)20-16-19(32)11-13-21(20)39-2)28(37)24(43-31)15-17-10-12-22(42-30(33)34)23(14-17)40-3/h5-16,27,30H,4H2,1-3H3/b24-15-/t27-/m1/s1. The lowest BCUT2D eigenvalue weighted by Crippen LogP contribution is -2.40. The number of carbonyl (C=O) groups is 1. The number of halogens is 3. The number of aromatic nitrogens is 1. The van der Waals surface area contributed by atoms with Crippen molar-refractivity contribution in [3.8, 4) is 17.2 Å². The molecule has 43 heavy (non-hydrogen) atoms. The zero-order valence-corrected chi connectivity index (χ0v) is 25.6. The molecule has 1 aliphatic heterocycles. The Morgan fingerprint density at radius 1 is 1.05 bits per heavy atom. The molecule has 0 aliphatic carbocycles. The van der Waals surface area contributed by atoms with Crippen molar-refractivity contribution in [2.75, 3.05) is 20.8 Å². The Kier molecular flexibility index (Phi) is 9.07. The van der Waals surface area contributed by atoms with Gasteiger partial charge in [-0.15, -0.1) is 0 Å². The highest BCUT2D eigenvalue weighted by molar-refractivity contribution is 9.10. The van der Waals surface area contributed by atoms with E-state index in [-0.39, 0.29) is 23.7 Å². The molecule has 0 amide bonds. The van der Waals surface area contributed by atoms with E-state index < -0.39 is 24.2 Å². The molecule has 0 bridgehead atoms. The molecule has 0 unspecified atom stereocenters. The first-order chi connectivity index (χ1) is 20.7. The first-order valence-corrected chi connectivity index (χ1v) is 14.6. The van der Waals surface area contributed by atoms with E-state index in [4.69, 9.17) is 19.2 Å². The fourth-order valence-electron chi connectivity index (χ4n) is 4.77. The van der Waals surface area contributed by atoms with Gasteiger partial charge >= 0.3 is 12.6 Å². The van der Waals surface area contributed by atoms with Gasteiger partial charge in [-0.2, -0.15) is 8.78 Å². The third-order valence-electron chi connectivity index (χ3n) is 6.56. The van der Waals surface area contributed by atoms with Gasteiger partial charge in [0.2, 0.25) is 0 Å². The maximum atomic E-state index is 14.1. The Balaban J connectivity index is 1.80. The Morgan fingerprint density at radius 3 is 2.44 bits per heavy atom. The minimum Gasteiger partial charge on any atom is -0.496 e. The van der Waals surface area contributed by atoms with E-state index in [1.54, 1.807) is 31.2 Å². The molecule has 12 heteroatoms. The van der Waals surface area contributed by atoms with Crippen LogP contribution in [0, 0.1) is 0 Å². The van der Waals surface area contributed by atoms with Gasteiger partial charge in [0, 0.05) is 15.6 Å². The predicted octanol–water partition coefficient (Wildman–Crippen LogP) is 5.32. The summed E-state index contributed by atoms with van der Waals surface area (Å²) in [7, 11) is 2.84. The van der Waals surface area contributed by atoms with Gasteiger partial charge < -0.3 is 18.9 Å². The summed E-state index contributed by atoms with van der Waals surface area (Å²) in [5, 5.41) is 0. The molecule has 1 atom stereocenters. The van der Waals surface area contributed by atoms with Crippen LogP contribution in [0.3, 0.4) is 0 Å². The SMILES string of the molecule is CCOC(=O)C1=C(c2ccccc2)N=c2s/c(=C\c3ccc(OC(F)F)c(OC)c3)c(=O)n2[C@@H]1c1cc(Br)ccc1OC. The maximum Gasteiger partial charge on any atom is 0.387 e. The number of nitrogens with zero attached hydrogens (tertiary/aromatic N) is 2. The van der Waals surface area contributed by atoms with Crippen LogP contribution in [0.5, 0.6) is 17.2 Å². The van der Waals surface area contributed by atoms with Crippen LogP contribution < -0.4 is 29.1 Å². The molecule has 0 saturated carbocycles. The number of hydrogen-bond donors (Lipinski definition) is 0. The number of alkyl halides is 2. The summed E-state index contributed by atoms with van der Waals surface area (Å²) in [6.45, 7) is -1.20. The highest BCUT2D eigenvalue weighted by Crippen LogP contribution is 2.40. The Labute approximate surface area is 257 Å². The topological polar surface area (TPSA) is 88.4 Å². The van der Waals surface area contributed by atoms with Crippen molar-refractivity contribution < 1.29 is 32.5 Å². The second kappa shape index (κ2) is 12.9. The minimum absolute atomic E-state index is 0.0783. The maximum absolute atomic E-state index is 14.1. The van der Waals surface area contributed by atoms with Crippen LogP contribution in [0.25, 0.3) is 11.8 Å². The average Bonchev–Trinajstić information content (AvgIpc) is 3.31. The van der Waals surface area contributed by atoms with Crippen LogP contribution in [-0.2, 0) is 9.53 Å². The third kappa shape index (κ3) is 6.11. The van der Waals surface area contributed by atoms with Gasteiger partial charge in [0.1, 0.15) is 11.8 Å². The van der Waals surface area contributed by atoms with Gasteiger partial charge in [-0.05, 0) is 48.9 Å². The largest absolute Gasteiger partial charge is 0.496 e. The molecular weight excluding hydrogens is 646 g/mol. The summed E-state index contributed by atoms with van der Waals surface area (Å²) in [6.07, 6.45) is 1.60. The third-order valence-corrected chi connectivity index (χ3v) is 8.04. The first kappa shape index (κ1) is 30.2. The second-order valence-electron chi connectivity index (χ2n) is 9.11. The number of thiazole rings is 1. The molecule has 0 saturated heterocycles. The van der Waals surface area contributed by atoms with Crippen molar-refractivity contribution in [3.63, 3.8) is 0 Å². The number of benzene rings is 3.